The number of piperidine rings is 1. The molecule has 0 aromatic heterocycles. The summed E-state index contributed by atoms with van der Waals surface area (Å²) < 4.78 is 26.5. The number of carbonyl (C=O) groups excluding carboxylic acids is 2. The van der Waals surface area contributed by atoms with Crippen LogP contribution in [0.15, 0.2) is 29.2 Å². The van der Waals surface area contributed by atoms with E-state index in [1.54, 1.807) is 11.8 Å². The lowest BCUT2D eigenvalue weighted by molar-refractivity contribution is -0.133. The van der Waals surface area contributed by atoms with Crippen LogP contribution in [0.5, 0.6) is 0 Å². The molecule has 1 atom stereocenters. The number of hydrogen-bond donors (Lipinski definition) is 1. The third-order valence-corrected chi connectivity index (χ3v) is 7.12. The maximum absolute atomic E-state index is 12.5. The molecule has 2 amide bonds. The average molecular weight is 394 g/mol. The summed E-state index contributed by atoms with van der Waals surface area (Å²) >= 11 is 0. The van der Waals surface area contributed by atoms with Gasteiger partial charge in [0.05, 0.1) is 4.90 Å². The van der Waals surface area contributed by atoms with Crippen LogP contribution in [-0.2, 0) is 14.8 Å². The van der Waals surface area contributed by atoms with Gasteiger partial charge in [0.2, 0.25) is 15.9 Å². The zero-order valence-electron chi connectivity index (χ0n) is 15.7. The van der Waals surface area contributed by atoms with Crippen molar-refractivity contribution in [2.75, 3.05) is 26.2 Å². The SMILES string of the molecule is C[C@H](NC(=O)c1ccc(S(=O)(=O)N2CCCC2)cc1)C(=O)N1CCCCC1. The van der Waals surface area contributed by atoms with Crippen molar-refractivity contribution in [1.29, 1.82) is 0 Å². The van der Waals surface area contributed by atoms with Gasteiger partial charge in [-0.15, -0.1) is 0 Å². The molecular weight excluding hydrogens is 366 g/mol. The van der Waals surface area contributed by atoms with Crippen molar-refractivity contribution in [2.45, 2.75) is 50.0 Å². The van der Waals surface area contributed by atoms with Gasteiger partial charge in [-0.1, -0.05) is 0 Å². The number of amides is 2. The minimum Gasteiger partial charge on any atom is -0.341 e. The van der Waals surface area contributed by atoms with E-state index in [9.17, 15) is 18.0 Å². The number of nitrogens with one attached hydrogen (secondary N) is 1. The average Bonchev–Trinajstić information content (AvgIpc) is 3.24. The molecule has 1 aromatic carbocycles. The Morgan fingerprint density at radius 1 is 0.926 bits per heavy atom. The molecule has 8 heteroatoms. The standard InChI is InChI=1S/C19H27N3O4S/c1-15(19(24)21-11-3-2-4-12-21)20-18(23)16-7-9-17(10-8-16)27(25,26)22-13-5-6-14-22/h7-10,15H,2-6,11-14H2,1H3,(H,20,23)/t15-/m0/s1. The summed E-state index contributed by atoms with van der Waals surface area (Å²) in [5, 5.41) is 2.72. The molecule has 0 spiro atoms. The number of sulfonamides is 1. The van der Waals surface area contributed by atoms with E-state index in [0.29, 0.717) is 18.7 Å². The fourth-order valence-electron chi connectivity index (χ4n) is 3.59. The molecule has 2 aliphatic rings. The summed E-state index contributed by atoms with van der Waals surface area (Å²) in [5.74, 6) is -0.450. The highest BCUT2D eigenvalue weighted by atomic mass is 32.2. The van der Waals surface area contributed by atoms with E-state index in [0.717, 1.165) is 45.2 Å². The van der Waals surface area contributed by atoms with Crippen molar-refractivity contribution in [3.05, 3.63) is 29.8 Å². The predicted octanol–water partition coefficient (Wildman–Crippen LogP) is 1.60. The Morgan fingerprint density at radius 3 is 2.07 bits per heavy atom. The zero-order chi connectivity index (χ0) is 19.4. The highest BCUT2D eigenvalue weighted by Crippen LogP contribution is 2.21. The van der Waals surface area contributed by atoms with Gasteiger partial charge in [-0.2, -0.15) is 4.31 Å². The van der Waals surface area contributed by atoms with Gasteiger partial charge < -0.3 is 10.2 Å². The van der Waals surface area contributed by atoms with Crippen LogP contribution in [0.25, 0.3) is 0 Å². The molecule has 3 rings (SSSR count). The predicted molar refractivity (Wildman–Crippen MR) is 102 cm³/mol. The maximum atomic E-state index is 12.5. The van der Waals surface area contributed by atoms with Crippen LogP contribution >= 0.6 is 0 Å². The molecule has 2 heterocycles. The van der Waals surface area contributed by atoms with Crippen LogP contribution in [0.4, 0.5) is 0 Å². The molecule has 0 unspecified atom stereocenters. The Bertz CT molecular complexity index is 780. The first-order chi connectivity index (χ1) is 12.9. The summed E-state index contributed by atoms with van der Waals surface area (Å²) in [5.41, 5.74) is 0.341. The Balaban J connectivity index is 1.62. The molecular formula is C19H27N3O4S. The second-order valence-electron chi connectivity index (χ2n) is 7.22. The van der Waals surface area contributed by atoms with Crippen molar-refractivity contribution in [2.24, 2.45) is 0 Å². The van der Waals surface area contributed by atoms with Crippen molar-refractivity contribution >= 4 is 21.8 Å². The van der Waals surface area contributed by atoms with Crippen LogP contribution in [0.3, 0.4) is 0 Å². The van der Waals surface area contributed by atoms with Gasteiger partial charge in [-0.25, -0.2) is 8.42 Å². The second kappa shape index (κ2) is 8.39. The van der Waals surface area contributed by atoms with Crippen LogP contribution in [-0.4, -0.2) is 61.7 Å². The van der Waals surface area contributed by atoms with E-state index in [-0.39, 0.29) is 16.7 Å². The lowest BCUT2D eigenvalue weighted by Crippen LogP contribution is -2.48. The molecule has 7 nitrogen and oxygen atoms in total. The highest BCUT2D eigenvalue weighted by Gasteiger charge is 2.27. The molecule has 1 aromatic rings. The Kier molecular flexibility index (Phi) is 6.16. The number of likely N-dealkylation sites (tertiary alicyclic amines) is 1. The first kappa shape index (κ1) is 19.8. The molecule has 0 bridgehead atoms. The third-order valence-electron chi connectivity index (χ3n) is 5.21. The Morgan fingerprint density at radius 2 is 1.48 bits per heavy atom. The van der Waals surface area contributed by atoms with Gasteiger partial charge in [0.25, 0.3) is 5.91 Å². The van der Waals surface area contributed by atoms with E-state index >= 15 is 0 Å². The number of carbonyl (C=O) groups is 2. The topological polar surface area (TPSA) is 86.8 Å². The summed E-state index contributed by atoms with van der Waals surface area (Å²) in [4.78, 5) is 26.8. The molecule has 2 aliphatic heterocycles. The quantitative estimate of drug-likeness (QED) is 0.823. The van der Waals surface area contributed by atoms with Crippen molar-refractivity contribution in [1.82, 2.24) is 14.5 Å². The van der Waals surface area contributed by atoms with Crippen LogP contribution < -0.4 is 5.32 Å². The third kappa shape index (κ3) is 4.50. The van der Waals surface area contributed by atoms with Crippen molar-refractivity contribution in [3.63, 3.8) is 0 Å². The molecule has 148 valence electrons. The number of nitrogens with zero attached hydrogens (tertiary/aromatic N) is 2. The molecule has 0 radical (unpaired) electrons. The largest absolute Gasteiger partial charge is 0.341 e. The summed E-state index contributed by atoms with van der Waals surface area (Å²) in [6.45, 7) is 4.24. The lowest BCUT2D eigenvalue weighted by atomic mass is 10.1. The van der Waals surface area contributed by atoms with E-state index in [2.05, 4.69) is 5.32 Å². The minimum absolute atomic E-state index is 0.0729. The van der Waals surface area contributed by atoms with E-state index < -0.39 is 16.1 Å². The fraction of sp³-hybridized carbons (Fsp3) is 0.579. The summed E-state index contributed by atoms with van der Waals surface area (Å²) in [6, 6.07) is 5.30. The molecule has 27 heavy (non-hydrogen) atoms. The van der Waals surface area contributed by atoms with E-state index in [1.165, 1.54) is 28.6 Å². The van der Waals surface area contributed by atoms with E-state index in [4.69, 9.17) is 0 Å². The normalized spacial score (nSPS) is 19.7. The fourth-order valence-corrected chi connectivity index (χ4v) is 5.10. The van der Waals surface area contributed by atoms with Gasteiger partial charge in [0.15, 0.2) is 0 Å². The first-order valence-electron chi connectivity index (χ1n) is 9.59. The van der Waals surface area contributed by atoms with Crippen LogP contribution in [0.1, 0.15) is 49.4 Å². The molecule has 0 saturated carbocycles. The Hall–Kier alpha value is -1.93. The first-order valence-corrected chi connectivity index (χ1v) is 11.0. The smallest absolute Gasteiger partial charge is 0.251 e. The van der Waals surface area contributed by atoms with Gasteiger partial charge in [-0.05, 0) is 63.3 Å². The van der Waals surface area contributed by atoms with E-state index in [1.807, 2.05) is 0 Å². The number of rotatable bonds is 5. The van der Waals surface area contributed by atoms with Crippen LogP contribution in [0, 0.1) is 0 Å². The maximum Gasteiger partial charge on any atom is 0.251 e. The Labute approximate surface area is 160 Å². The molecule has 1 N–H and O–H groups in total. The minimum atomic E-state index is -3.49. The molecule has 2 fully saturated rings. The summed E-state index contributed by atoms with van der Waals surface area (Å²) in [6.07, 6.45) is 4.89. The van der Waals surface area contributed by atoms with Crippen molar-refractivity contribution < 1.29 is 18.0 Å². The number of benzene rings is 1. The molecule has 0 aliphatic carbocycles. The van der Waals surface area contributed by atoms with Gasteiger partial charge in [0.1, 0.15) is 6.04 Å². The molecule has 2 saturated heterocycles. The van der Waals surface area contributed by atoms with Gasteiger partial charge in [0, 0.05) is 31.7 Å². The number of hydrogen-bond acceptors (Lipinski definition) is 4. The van der Waals surface area contributed by atoms with Crippen LogP contribution in [0.2, 0.25) is 0 Å². The summed E-state index contributed by atoms with van der Waals surface area (Å²) in [7, 11) is -3.49. The monoisotopic (exact) mass is 393 g/mol. The lowest BCUT2D eigenvalue weighted by Gasteiger charge is -2.29. The zero-order valence-corrected chi connectivity index (χ0v) is 16.5. The second-order valence-corrected chi connectivity index (χ2v) is 9.15. The van der Waals surface area contributed by atoms with Crippen molar-refractivity contribution in [3.8, 4) is 0 Å². The van der Waals surface area contributed by atoms with Gasteiger partial charge >= 0.3 is 0 Å². The highest BCUT2D eigenvalue weighted by molar-refractivity contribution is 7.89. The van der Waals surface area contributed by atoms with Gasteiger partial charge in [-0.3, -0.25) is 9.59 Å².